The fourth-order valence-corrected chi connectivity index (χ4v) is 1.44. The van der Waals surface area contributed by atoms with Gasteiger partial charge in [-0.2, -0.15) is 23.5 Å². The zero-order valence-corrected chi connectivity index (χ0v) is 10.3. The highest BCUT2D eigenvalue weighted by molar-refractivity contribution is 5.41. The van der Waals surface area contributed by atoms with Crippen LogP contribution in [0.3, 0.4) is 0 Å². The van der Waals surface area contributed by atoms with Gasteiger partial charge in [0.25, 0.3) is 0 Å². The molecular weight excluding hydrogens is 273 g/mol. The third-order valence-corrected chi connectivity index (χ3v) is 2.42. The molecule has 8 heteroatoms. The van der Waals surface area contributed by atoms with E-state index in [2.05, 4.69) is 10.1 Å². The molecule has 20 heavy (non-hydrogen) atoms. The summed E-state index contributed by atoms with van der Waals surface area (Å²) in [5.74, 6) is -0.173. The molecule has 0 aliphatic rings. The van der Waals surface area contributed by atoms with Crippen LogP contribution < -0.4 is 4.74 Å². The highest BCUT2D eigenvalue weighted by atomic mass is 19.4. The first-order valence-electron chi connectivity index (χ1n) is 5.62. The average Bonchev–Trinajstić information content (AvgIpc) is 2.85. The number of nitrogens with zero attached hydrogens (tertiary/aromatic N) is 4. The summed E-state index contributed by atoms with van der Waals surface area (Å²) in [6.45, 7) is 2.44. The molecule has 0 aliphatic heterocycles. The molecule has 0 N–H and O–H groups in total. The molecule has 2 aromatic heterocycles. The number of hydrogen-bond donors (Lipinski definition) is 0. The third-order valence-electron chi connectivity index (χ3n) is 2.42. The molecule has 0 atom stereocenters. The van der Waals surface area contributed by atoms with E-state index in [0.717, 1.165) is 12.1 Å². The summed E-state index contributed by atoms with van der Waals surface area (Å²) in [6.07, 6.45) is -1.75. The Hall–Kier alpha value is -2.56. The maximum atomic E-state index is 12.6. The highest BCUT2D eigenvalue weighted by Crippen LogP contribution is 2.31. The molecule has 2 aromatic rings. The van der Waals surface area contributed by atoms with Crippen LogP contribution >= 0.6 is 0 Å². The lowest BCUT2D eigenvalue weighted by Gasteiger charge is -2.09. The molecule has 5 nitrogen and oxygen atoms in total. The second-order valence-electron chi connectivity index (χ2n) is 3.79. The van der Waals surface area contributed by atoms with Gasteiger partial charge in [-0.25, -0.2) is 4.98 Å². The van der Waals surface area contributed by atoms with E-state index in [1.54, 1.807) is 6.07 Å². The van der Waals surface area contributed by atoms with Gasteiger partial charge in [-0.15, -0.1) is 0 Å². The number of pyridine rings is 1. The zero-order chi connectivity index (χ0) is 14.8. The molecule has 2 rings (SSSR count). The van der Waals surface area contributed by atoms with E-state index < -0.39 is 17.8 Å². The molecule has 0 spiro atoms. The summed E-state index contributed by atoms with van der Waals surface area (Å²) in [4.78, 5) is 3.34. The third kappa shape index (κ3) is 2.88. The minimum Gasteiger partial charge on any atom is -0.434 e. The van der Waals surface area contributed by atoms with Crippen LogP contribution in [0.2, 0.25) is 0 Å². The van der Waals surface area contributed by atoms with Gasteiger partial charge in [0.15, 0.2) is 5.75 Å². The number of nitriles is 1. The average molecular weight is 282 g/mol. The van der Waals surface area contributed by atoms with Gasteiger partial charge in [-0.1, -0.05) is 0 Å². The van der Waals surface area contributed by atoms with Crippen molar-refractivity contribution in [1.82, 2.24) is 14.8 Å². The van der Waals surface area contributed by atoms with Crippen LogP contribution in [0.1, 0.15) is 18.2 Å². The fraction of sp³-hybridized carbons (Fsp3) is 0.250. The van der Waals surface area contributed by atoms with E-state index in [-0.39, 0.29) is 11.3 Å². The lowest BCUT2D eigenvalue weighted by molar-refractivity contribution is -0.141. The van der Waals surface area contributed by atoms with Gasteiger partial charge in [0, 0.05) is 6.54 Å². The number of halogens is 3. The van der Waals surface area contributed by atoms with Crippen molar-refractivity contribution in [3.63, 3.8) is 0 Å². The fourth-order valence-electron chi connectivity index (χ4n) is 1.44. The summed E-state index contributed by atoms with van der Waals surface area (Å²) >= 11 is 0. The Morgan fingerprint density at radius 1 is 1.40 bits per heavy atom. The van der Waals surface area contributed by atoms with Crippen LogP contribution in [0.15, 0.2) is 24.5 Å². The van der Waals surface area contributed by atoms with Crippen LogP contribution in [-0.2, 0) is 12.7 Å². The SMILES string of the molecule is CCn1cc(Oc2nc(C(F)(F)F)ccc2C#N)cn1. The van der Waals surface area contributed by atoms with Crippen LogP contribution in [-0.4, -0.2) is 14.8 Å². The van der Waals surface area contributed by atoms with E-state index >= 15 is 0 Å². The molecule has 2 heterocycles. The summed E-state index contributed by atoms with van der Waals surface area (Å²) in [5, 5.41) is 12.8. The second-order valence-corrected chi connectivity index (χ2v) is 3.79. The summed E-state index contributed by atoms with van der Waals surface area (Å²) in [6, 6.07) is 3.49. The molecule has 0 radical (unpaired) electrons. The van der Waals surface area contributed by atoms with Crippen molar-refractivity contribution in [3.05, 3.63) is 35.8 Å². The lowest BCUT2D eigenvalue weighted by atomic mass is 10.2. The smallest absolute Gasteiger partial charge is 0.433 e. The minimum absolute atomic E-state index is 0.0813. The molecule has 0 fully saturated rings. The van der Waals surface area contributed by atoms with Gasteiger partial charge >= 0.3 is 6.18 Å². The van der Waals surface area contributed by atoms with Crippen LogP contribution in [0, 0.1) is 11.3 Å². The molecule has 0 aromatic carbocycles. The van der Waals surface area contributed by atoms with Crippen molar-refractivity contribution in [3.8, 4) is 17.7 Å². The van der Waals surface area contributed by atoms with Crippen molar-refractivity contribution in [2.45, 2.75) is 19.6 Å². The van der Waals surface area contributed by atoms with Crippen LogP contribution in [0.5, 0.6) is 11.6 Å². The summed E-state index contributed by atoms with van der Waals surface area (Å²) < 4.78 is 44.5. The maximum Gasteiger partial charge on any atom is 0.433 e. The predicted molar refractivity (Wildman–Crippen MR) is 61.9 cm³/mol. The Labute approximate surface area is 112 Å². The van der Waals surface area contributed by atoms with Crippen molar-refractivity contribution in [1.29, 1.82) is 5.26 Å². The molecular formula is C12H9F3N4O. The molecule has 0 unspecified atom stereocenters. The second kappa shape index (κ2) is 5.21. The standard InChI is InChI=1S/C12H9F3N4O/c1-2-19-7-9(6-17-19)20-11-8(5-16)3-4-10(18-11)12(13,14)15/h3-4,6-7H,2H2,1H3. The van der Waals surface area contributed by atoms with Gasteiger partial charge in [0.2, 0.25) is 5.88 Å². The Bertz CT molecular complexity index is 657. The van der Waals surface area contributed by atoms with Crippen molar-refractivity contribution >= 4 is 0 Å². The first-order chi connectivity index (χ1) is 9.44. The largest absolute Gasteiger partial charge is 0.434 e. The Morgan fingerprint density at radius 3 is 2.70 bits per heavy atom. The molecule has 0 saturated heterocycles. The van der Waals surface area contributed by atoms with Crippen molar-refractivity contribution in [2.24, 2.45) is 0 Å². The van der Waals surface area contributed by atoms with Gasteiger partial charge in [0.05, 0.1) is 12.4 Å². The van der Waals surface area contributed by atoms with E-state index in [9.17, 15) is 13.2 Å². The van der Waals surface area contributed by atoms with E-state index in [1.165, 1.54) is 17.1 Å². The number of rotatable bonds is 3. The van der Waals surface area contributed by atoms with Crippen LogP contribution in [0.25, 0.3) is 0 Å². The van der Waals surface area contributed by atoms with Crippen molar-refractivity contribution < 1.29 is 17.9 Å². The molecule has 104 valence electrons. The first-order valence-corrected chi connectivity index (χ1v) is 5.62. The first kappa shape index (κ1) is 13.9. The van der Waals surface area contributed by atoms with Crippen molar-refractivity contribution in [2.75, 3.05) is 0 Å². The topological polar surface area (TPSA) is 63.7 Å². The summed E-state index contributed by atoms with van der Waals surface area (Å²) in [5.41, 5.74) is -1.20. The van der Waals surface area contributed by atoms with E-state index in [4.69, 9.17) is 10.00 Å². The lowest BCUT2D eigenvalue weighted by Crippen LogP contribution is -2.09. The zero-order valence-electron chi connectivity index (χ0n) is 10.3. The number of ether oxygens (including phenoxy) is 1. The quantitative estimate of drug-likeness (QED) is 0.868. The van der Waals surface area contributed by atoms with Gasteiger partial charge in [-0.05, 0) is 19.1 Å². The van der Waals surface area contributed by atoms with Crippen LogP contribution in [0.4, 0.5) is 13.2 Å². The Balaban J connectivity index is 2.36. The predicted octanol–water partition coefficient (Wildman–Crippen LogP) is 2.98. The van der Waals surface area contributed by atoms with E-state index in [0.29, 0.717) is 6.54 Å². The monoisotopic (exact) mass is 282 g/mol. The summed E-state index contributed by atoms with van der Waals surface area (Å²) in [7, 11) is 0. The number of aryl methyl sites for hydroxylation is 1. The van der Waals surface area contributed by atoms with Gasteiger partial charge in [0.1, 0.15) is 17.3 Å². The Morgan fingerprint density at radius 2 is 2.15 bits per heavy atom. The van der Waals surface area contributed by atoms with E-state index in [1.807, 2.05) is 6.92 Å². The molecule has 0 amide bonds. The molecule has 0 saturated carbocycles. The Kier molecular flexibility index (Phi) is 3.61. The molecule has 0 aliphatic carbocycles. The number of hydrogen-bond acceptors (Lipinski definition) is 4. The normalized spacial score (nSPS) is 11.2. The molecule has 0 bridgehead atoms. The minimum atomic E-state index is -4.60. The highest BCUT2D eigenvalue weighted by Gasteiger charge is 2.33. The maximum absolute atomic E-state index is 12.6. The number of alkyl halides is 3. The van der Waals surface area contributed by atoms with Gasteiger partial charge in [-0.3, -0.25) is 4.68 Å². The van der Waals surface area contributed by atoms with Gasteiger partial charge < -0.3 is 4.74 Å². The number of aromatic nitrogens is 3.